The van der Waals surface area contributed by atoms with Crippen LogP contribution in [0, 0.1) is 57.2 Å². The maximum atomic E-state index is 14.6. The molecule has 16 rings (SSSR count). The maximum Gasteiger partial charge on any atom is 0.253 e. The normalized spacial score (nSPS) is 17.9. The molecular formula is C108H124Cl3FN24O12. The number of nitrogens with zero attached hydrogens (tertiary/aromatic N) is 20. The number of β-lactam (4-membered cyclic amide) rings is 4. The fraction of sp³-hybridized carbons (Fsp3) is 0.370. The van der Waals surface area contributed by atoms with E-state index in [9.17, 15) is 61.9 Å². The molecule has 40 heteroatoms. The molecule has 36 nitrogen and oxygen atoms in total. The van der Waals surface area contributed by atoms with Gasteiger partial charge in [-0.2, -0.15) is 0 Å². The van der Waals surface area contributed by atoms with E-state index in [-0.39, 0.29) is 116 Å². The molecule has 4 aliphatic rings. The van der Waals surface area contributed by atoms with Crippen molar-refractivity contribution in [3.63, 3.8) is 0 Å². The Morgan fingerprint density at radius 3 is 0.926 bits per heavy atom. The number of imidazole rings is 4. The Labute approximate surface area is 873 Å². The predicted molar refractivity (Wildman–Crippen MR) is 563 cm³/mol. The number of nitrogens with two attached hydrogens (primary N) is 4. The second-order valence-electron chi connectivity index (χ2n) is 38.0. The number of hydrogen-bond donors (Lipinski definition) is 4. The molecule has 12 aromatic rings. The van der Waals surface area contributed by atoms with Gasteiger partial charge >= 0.3 is 0 Å². The van der Waals surface area contributed by atoms with Crippen molar-refractivity contribution < 1.29 is 61.9 Å². The van der Waals surface area contributed by atoms with Gasteiger partial charge in [0.25, 0.3) is 23.6 Å². The van der Waals surface area contributed by atoms with Crippen LogP contribution in [0.4, 0.5) is 51.5 Å². The summed E-state index contributed by atoms with van der Waals surface area (Å²) in [5.41, 5.74) is 33.4. The van der Waals surface area contributed by atoms with Gasteiger partial charge in [-0.05, 0) is 237 Å². The molecule has 12 heterocycles. The first-order chi connectivity index (χ1) is 70.5. The number of amides is 12. The van der Waals surface area contributed by atoms with Crippen LogP contribution in [0.3, 0.4) is 0 Å². The van der Waals surface area contributed by atoms with E-state index >= 15 is 0 Å². The fourth-order valence-electron chi connectivity index (χ4n) is 19.7. The van der Waals surface area contributed by atoms with E-state index in [4.69, 9.17) is 57.7 Å². The highest BCUT2D eigenvalue weighted by Gasteiger charge is 2.60. The Hall–Kier alpha value is -15.2. The number of carbonyl (C=O) groups excluding carboxylic acids is 12. The first kappa shape index (κ1) is 110. The summed E-state index contributed by atoms with van der Waals surface area (Å²) in [7, 11) is 13.4. The summed E-state index contributed by atoms with van der Waals surface area (Å²) in [6, 6.07) is 31.6. The molecule has 8 aromatic heterocycles. The second-order valence-corrected chi connectivity index (χ2v) is 39.3. The van der Waals surface area contributed by atoms with Gasteiger partial charge in [-0.25, -0.2) is 44.3 Å². The van der Waals surface area contributed by atoms with Crippen LogP contribution in [0.15, 0.2) is 196 Å². The summed E-state index contributed by atoms with van der Waals surface area (Å²) in [5.74, 6) is -5.99. The molecule has 4 saturated heterocycles. The van der Waals surface area contributed by atoms with Crippen LogP contribution in [-0.4, -0.2) is 201 Å². The van der Waals surface area contributed by atoms with Crippen molar-refractivity contribution in [1.29, 1.82) is 0 Å². The molecular weight excluding hydrogens is 1950 g/mol. The lowest BCUT2D eigenvalue weighted by Gasteiger charge is -2.46. The molecule has 0 bridgehead atoms. The zero-order valence-electron chi connectivity index (χ0n) is 85.6. The molecule has 4 fully saturated rings. The molecule has 12 amide bonds. The van der Waals surface area contributed by atoms with E-state index in [0.29, 0.717) is 93.4 Å². The van der Waals surface area contributed by atoms with Gasteiger partial charge in [0.1, 0.15) is 53.3 Å². The third kappa shape index (κ3) is 24.3. The molecule has 0 unspecified atom stereocenters. The number of carbonyl (C=O) groups is 12. The number of nitrogen functional groups attached to an aromatic ring is 4. The zero-order chi connectivity index (χ0) is 107. The van der Waals surface area contributed by atoms with E-state index < -0.39 is 83.2 Å². The quantitative estimate of drug-likeness (QED) is 0.0284. The Morgan fingerprint density at radius 1 is 0.338 bits per heavy atom. The van der Waals surface area contributed by atoms with Crippen molar-refractivity contribution in [1.82, 2.24) is 77.7 Å². The number of hydrogen-bond acceptors (Lipinski definition) is 24. The third-order valence-corrected chi connectivity index (χ3v) is 29.0. The van der Waals surface area contributed by atoms with E-state index in [1.54, 1.807) is 203 Å². The number of imide groups is 4. The first-order valence-electron chi connectivity index (χ1n) is 48.8. The number of halogens is 4. The molecule has 8 N–H and O–H groups in total. The molecule has 0 spiro atoms. The SMILES string of the molecule is CC[C@@H](CC(=O)N1C(=O)[C@H](Cc2ccnc(N)c2)[C@H]1C(=O)N(C)c1nccn1C)c1cc(C)ccc1Cl.CC[C@@H](CC(=O)N1C(=O)[C@H](Cc2ccnc(N)c2)[C@H]1C(=O)N(C)c1nccn1C)c1cc(C)ccc1F.CC[C@@H](CC(=O)N1C(=O)[C@H](Cc2ccnc(N)c2)[C@H]1C(=O)N(C)c1nccn1C)c1cc(Cl)ccc1C.CC[C@@H](CC(=O)N1C(=O)[C@H](Cc2ccnc(N)c2)[C@H]1C(=O)N(C)c1nccn1C)c1ccc(C)c(Cl)c1. The van der Waals surface area contributed by atoms with E-state index in [0.717, 1.165) is 80.8 Å². The lowest BCUT2D eigenvalue weighted by Crippen LogP contribution is -2.69. The van der Waals surface area contributed by atoms with E-state index in [2.05, 4.69) is 39.9 Å². The highest BCUT2D eigenvalue weighted by atomic mass is 35.5. The second kappa shape index (κ2) is 47.9. The number of likely N-dealkylation sites (N-methyl/N-ethyl adjacent to an activating group) is 4. The molecule has 148 heavy (non-hydrogen) atoms. The van der Waals surface area contributed by atoms with Crippen LogP contribution >= 0.6 is 34.8 Å². The average Bonchev–Trinajstić information content (AvgIpc) is 0.910. The molecule has 4 aliphatic heterocycles. The molecule has 4 aromatic carbocycles. The van der Waals surface area contributed by atoms with Crippen molar-refractivity contribution in [3.8, 4) is 0 Å². The summed E-state index contributed by atoms with van der Waals surface area (Å²) in [4.78, 5) is 205. The predicted octanol–water partition coefficient (Wildman–Crippen LogP) is 13.5. The number of benzene rings is 4. The smallest absolute Gasteiger partial charge is 0.253 e. The van der Waals surface area contributed by atoms with Gasteiger partial charge in [0.2, 0.25) is 71.1 Å². The van der Waals surface area contributed by atoms with Crippen molar-refractivity contribution in [2.45, 2.75) is 180 Å². The number of rotatable bonds is 32. The van der Waals surface area contributed by atoms with Gasteiger partial charge in [-0.3, -0.25) is 96.7 Å². The summed E-state index contributed by atoms with van der Waals surface area (Å²) in [5, 5.41) is 1.80. The Kier molecular flexibility index (Phi) is 35.6. The van der Waals surface area contributed by atoms with Crippen LogP contribution in [0.1, 0.15) is 169 Å². The highest BCUT2D eigenvalue weighted by Crippen LogP contribution is 2.43. The van der Waals surface area contributed by atoms with Crippen LogP contribution in [0.2, 0.25) is 15.1 Å². The van der Waals surface area contributed by atoms with E-state index in [1.807, 2.05) is 110 Å². The standard InChI is InChI=1S/3C27H31ClN6O3.C27H31FN6O3/c1-5-18(19-7-6-16(2)21(28)14-19)15-23(35)34-24(26(37)33(4)27-31-10-11-32(27)3)20(25(34)36)12-17-8-9-30-22(29)13-17;1-5-18(20-15-19(28)7-6-16(20)2)14-23(35)34-24(26(37)33(4)27-31-10-11-32(27)3)21(25(34)36)12-17-8-9-30-22(29)13-17;2*1-5-18(19-12-16(2)6-7-21(19)28)15-23(35)34-24(26(37)33(4)27-31-10-11-32(27)3)20(25(34)36)13-17-8-9-30-22(29)14-17/h6-11,13-14,18,20,24H,5,12,15H2,1-4H3,(H2,29,30);6-11,13,15,18,21,24H,5,12,14H2,1-4H3,(H2,29,30);2*6-12,14,18,20,24H,5,13,15H2,1-4H3,(H2,29,30)/t18-,20+,24-;18-,21+,24-;2*18-,20+,24-/m0000/s1. The average molecular weight is 2080 g/mol. The maximum absolute atomic E-state index is 14.6. The van der Waals surface area contributed by atoms with Crippen LogP contribution in [0.5, 0.6) is 0 Å². The molecule has 0 saturated carbocycles. The van der Waals surface area contributed by atoms with Gasteiger partial charge in [0, 0.05) is 171 Å². The molecule has 0 radical (unpaired) electrons. The monoisotopic (exact) mass is 2070 g/mol. The minimum atomic E-state index is -1.02. The van der Waals surface area contributed by atoms with Crippen molar-refractivity contribution >= 4 is 153 Å². The third-order valence-electron chi connectivity index (χ3n) is 28.0. The van der Waals surface area contributed by atoms with Crippen LogP contribution in [-0.2, 0) is 111 Å². The minimum Gasteiger partial charge on any atom is -0.384 e. The number of likely N-dealkylation sites (tertiary alicyclic amines) is 4. The minimum absolute atomic E-state index is 0.0657. The van der Waals surface area contributed by atoms with Crippen molar-refractivity contribution in [3.05, 3.63) is 283 Å². The lowest BCUT2D eigenvalue weighted by molar-refractivity contribution is -0.171. The summed E-state index contributed by atoms with van der Waals surface area (Å²) < 4.78 is 21.4. The molecule has 12 atom stereocenters. The van der Waals surface area contributed by atoms with Crippen molar-refractivity contribution in [2.24, 2.45) is 51.9 Å². The highest BCUT2D eigenvalue weighted by molar-refractivity contribution is 6.32. The number of pyridine rings is 4. The van der Waals surface area contributed by atoms with Gasteiger partial charge < -0.3 is 41.2 Å². The van der Waals surface area contributed by atoms with Gasteiger partial charge in [-0.1, -0.05) is 116 Å². The molecule has 0 aliphatic carbocycles. The summed E-state index contributed by atoms with van der Waals surface area (Å²) >= 11 is 19.0. The number of anilines is 8. The van der Waals surface area contributed by atoms with E-state index in [1.165, 1.54) is 31.9 Å². The Balaban J connectivity index is 0.000000165. The zero-order valence-corrected chi connectivity index (χ0v) is 87.8. The first-order valence-corrected chi connectivity index (χ1v) is 49.9. The lowest BCUT2D eigenvalue weighted by atomic mass is 9.80. The van der Waals surface area contributed by atoms with Crippen LogP contribution in [0.25, 0.3) is 0 Å². The largest absolute Gasteiger partial charge is 0.384 e. The summed E-state index contributed by atoms with van der Waals surface area (Å²) in [6.07, 6.45) is 23.1. The van der Waals surface area contributed by atoms with Crippen LogP contribution < -0.4 is 42.5 Å². The van der Waals surface area contributed by atoms with Crippen molar-refractivity contribution in [2.75, 3.05) is 70.7 Å². The van der Waals surface area contributed by atoms with Gasteiger partial charge in [0.05, 0.1) is 23.7 Å². The summed E-state index contributed by atoms with van der Waals surface area (Å²) in [6.45, 7) is 15.5. The molecule has 776 valence electrons. The fourth-order valence-corrected chi connectivity index (χ4v) is 20.3. The van der Waals surface area contributed by atoms with Gasteiger partial charge in [-0.15, -0.1) is 0 Å². The number of aryl methyl sites for hydroxylation is 8. The topological polar surface area (TPSA) is 458 Å². The Bertz CT molecular complexity index is 6500. The van der Waals surface area contributed by atoms with Gasteiger partial charge in [0.15, 0.2) is 0 Å². The Morgan fingerprint density at radius 2 is 0.628 bits per heavy atom. The number of aromatic nitrogens is 12.